The molecule has 1 aromatic rings. The molecule has 2 rings (SSSR count). The predicted molar refractivity (Wildman–Crippen MR) is 69.9 cm³/mol. The summed E-state index contributed by atoms with van der Waals surface area (Å²) in [5, 5.41) is 0. The fourth-order valence-electron chi connectivity index (χ4n) is 2.29. The Morgan fingerprint density at radius 3 is 2.76 bits per heavy atom. The van der Waals surface area contributed by atoms with Crippen LogP contribution < -0.4 is 10.6 Å². The molecule has 17 heavy (non-hydrogen) atoms. The van der Waals surface area contributed by atoms with E-state index in [9.17, 15) is 4.79 Å². The zero-order valence-corrected chi connectivity index (χ0v) is 10.7. The normalized spacial score (nSPS) is 19.3. The number of fused-ring (bicyclic) bond motifs is 1. The van der Waals surface area contributed by atoms with E-state index in [1.165, 1.54) is 5.56 Å². The van der Waals surface area contributed by atoms with Crippen LogP contribution in [0, 0.1) is 5.41 Å². The van der Waals surface area contributed by atoms with Crippen molar-refractivity contribution >= 4 is 11.6 Å². The Hall–Kier alpha value is -1.35. The Morgan fingerprint density at radius 2 is 2.12 bits per heavy atom. The highest BCUT2D eigenvalue weighted by molar-refractivity contribution is 5.99. The molecule has 1 aromatic carbocycles. The van der Waals surface area contributed by atoms with Crippen LogP contribution in [-0.4, -0.2) is 18.5 Å². The molecule has 0 spiro atoms. The maximum atomic E-state index is 12.5. The van der Waals surface area contributed by atoms with Crippen molar-refractivity contribution in [3.8, 4) is 0 Å². The van der Waals surface area contributed by atoms with Crippen molar-refractivity contribution in [3.05, 3.63) is 29.8 Å². The first-order valence-corrected chi connectivity index (χ1v) is 6.09. The molecule has 92 valence electrons. The molecule has 1 unspecified atom stereocenters. The Bertz CT molecular complexity index is 440. The topological polar surface area (TPSA) is 46.3 Å². The molecule has 1 aliphatic heterocycles. The van der Waals surface area contributed by atoms with Gasteiger partial charge in [-0.1, -0.05) is 18.2 Å². The van der Waals surface area contributed by atoms with E-state index in [1.807, 2.05) is 36.9 Å². The molecule has 3 nitrogen and oxygen atoms in total. The minimum absolute atomic E-state index is 0.123. The first kappa shape index (κ1) is 12.1. The van der Waals surface area contributed by atoms with Gasteiger partial charge in [-0.2, -0.15) is 0 Å². The average Bonchev–Trinajstić information content (AvgIpc) is 2.64. The fourth-order valence-corrected chi connectivity index (χ4v) is 2.29. The molecule has 0 bridgehead atoms. The number of hydrogen-bond donors (Lipinski definition) is 1. The van der Waals surface area contributed by atoms with Crippen LogP contribution in [0.4, 0.5) is 5.69 Å². The van der Waals surface area contributed by atoms with E-state index in [-0.39, 0.29) is 11.9 Å². The zero-order valence-electron chi connectivity index (χ0n) is 10.7. The highest BCUT2D eigenvalue weighted by Crippen LogP contribution is 2.34. The van der Waals surface area contributed by atoms with Crippen LogP contribution >= 0.6 is 0 Å². The molecule has 0 aromatic heterocycles. The minimum atomic E-state index is -0.494. The van der Waals surface area contributed by atoms with E-state index >= 15 is 0 Å². The lowest BCUT2D eigenvalue weighted by atomic mass is 9.91. The summed E-state index contributed by atoms with van der Waals surface area (Å²) in [6.45, 7) is 6.27. The number of nitrogens with two attached hydrogens (primary N) is 1. The van der Waals surface area contributed by atoms with Crippen LogP contribution in [0.25, 0.3) is 0 Å². The summed E-state index contributed by atoms with van der Waals surface area (Å²) in [5.74, 6) is 0.123. The van der Waals surface area contributed by atoms with E-state index in [0.29, 0.717) is 6.54 Å². The van der Waals surface area contributed by atoms with E-state index < -0.39 is 5.41 Å². The lowest BCUT2D eigenvalue weighted by Crippen LogP contribution is -2.47. The summed E-state index contributed by atoms with van der Waals surface area (Å²) >= 11 is 0. The Balaban J connectivity index is 2.37. The summed E-state index contributed by atoms with van der Waals surface area (Å²) in [4.78, 5) is 14.4. The summed E-state index contributed by atoms with van der Waals surface area (Å²) in [6, 6.07) is 8.34. The van der Waals surface area contributed by atoms with Gasteiger partial charge in [0.1, 0.15) is 0 Å². The third-order valence-electron chi connectivity index (χ3n) is 3.52. The molecule has 0 aliphatic carbocycles. The first-order valence-electron chi connectivity index (χ1n) is 6.09. The second kappa shape index (κ2) is 4.15. The minimum Gasteiger partial charge on any atom is -0.329 e. The molecule has 2 N–H and O–H groups in total. The molecule has 3 heteroatoms. The lowest BCUT2D eigenvalue weighted by Gasteiger charge is -2.31. The van der Waals surface area contributed by atoms with Crippen molar-refractivity contribution < 1.29 is 4.79 Å². The van der Waals surface area contributed by atoms with Crippen LogP contribution in [0.1, 0.15) is 26.3 Å². The van der Waals surface area contributed by atoms with Gasteiger partial charge in [0.05, 0.1) is 5.41 Å². The smallest absolute Gasteiger partial charge is 0.234 e. The number of benzene rings is 1. The van der Waals surface area contributed by atoms with Gasteiger partial charge in [0.2, 0.25) is 5.91 Å². The number of rotatable bonds is 2. The number of carbonyl (C=O) groups excluding carboxylic acids is 1. The first-order chi connectivity index (χ1) is 7.97. The lowest BCUT2D eigenvalue weighted by molar-refractivity contribution is -0.126. The highest BCUT2D eigenvalue weighted by Gasteiger charge is 2.37. The van der Waals surface area contributed by atoms with Gasteiger partial charge in [0.15, 0.2) is 0 Å². The maximum Gasteiger partial charge on any atom is 0.234 e. The standard InChI is InChI=1S/C14H20N2O/c1-10-8-11-6-4-5-7-12(11)16(10)13(17)14(2,3)9-15/h4-7,10H,8-9,15H2,1-3H3. The van der Waals surface area contributed by atoms with Crippen LogP contribution in [-0.2, 0) is 11.2 Å². The van der Waals surface area contributed by atoms with Crippen LogP contribution in [0.2, 0.25) is 0 Å². The third kappa shape index (κ3) is 1.95. The Morgan fingerprint density at radius 1 is 1.47 bits per heavy atom. The molecule has 1 heterocycles. The molecular formula is C14H20N2O. The van der Waals surface area contributed by atoms with E-state index in [0.717, 1.165) is 12.1 Å². The van der Waals surface area contributed by atoms with E-state index in [1.54, 1.807) is 0 Å². The van der Waals surface area contributed by atoms with Crippen molar-refractivity contribution in [1.82, 2.24) is 0 Å². The van der Waals surface area contributed by atoms with Crippen molar-refractivity contribution in [1.29, 1.82) is 0 Å². The van der Waals surface area contributed by atoms with Gasteiger partial charge < -0.3 is 10.6 Å². The summed E-state index contributed by atoms with van der Waals surface area (Å²) in [7, 11) is 0. The van der Waals surface area contributed by atoms with Crippen LogP contribution in [0.5, 0.6) is 0 Å². The zero-order chi connectivity index (χ0) is 12.6. The van der Waals surface area contributed by atoms with Crippen LogP contribution in [0.3, 0.4) is 0 Å². The fraction of sp³-hybridized carbons (Fsp3) is 0.500. The number of para-hydroxylation sites is 1. The van der Waals surface area contributed by atoms with Gasteiger partial charge in [0.25, 0.3) is 0 Å². The van der Waals surface area contributed by atoms with E-state index in [2.05, 4.69) is 13.0 Å². The molecular weight excluding hydrogens is 212 g/mol. The van der Waals surface area contributed by atoms with Crippen LogP contribution in [0.15, 0.2) is 24.3 Å². The molecule has 1 aliphatic rings. The Kier molecular flexibility index (Phi) is 2.96. The monoisotopic (exact) mass is 232 g/mol. The van der Waals surface area contributed by atoms with E-state index in [4.69, 9.17) is 5.73 Å². The van der Waals surface area contributed by atoms with Crippen molar-refractivity contribution in [2.24, 2.45) is 11.1 Å². The Labute approximate surface area is 103 Å². The van der Waals surface area contributed by atoms with Gasteiger partial charge in [-0.05, 0) is 38.8 Å². The molecule has 0 saturated carbocycles. The van der Waals surface area contributed by atoms with Crippen molar-refractivity contribution in [2.75, 3.05) is 11.4 Å². The molecule has 0 fully saturated rings. The molecule has 0 saturated heterocycles. The summed E-state index contributed by atoms with van der Waals surface area (Å²) in [5.41, 5.74) is 7.50. The SMILES string of the molecule is CC1Cc2ccccc2N1C(=O)C(C)(C)CN. The second-order valence-electron chi connectivity index (χ2n) is 5.45. The number of amides is 1. The third-order valence-corrected chi connectivity index (χ3v) is 3.52. The molecule has 1 atom stereocenters. The van der Waals surface area contributed by atoms with Gasteiger partial charge in [-0.3, -0.25) is 4.79 Å². The second-order valence-corrected chi connectivity index (χ2v) is 5.45. The average molecular weight is 232 g/mol. The quantitative estimate of drug-likeness (QED) is 0.847. The van der Waals surface area contributed by atoms with Gasteiger partial charge in [-0.15, -0.1) is 0 Å². The largest absolute Gasteiger partial charge is 0.329 e. The molecule has 1 amide bonds. The molecule has 0 radical (unpaired) electrons. The van der Waals surface area contributed by atoms with Crippen molar-refractivity contribution in [3.63, 3.8) is 0 Å². The number of carbonyl (C=O) groups is 1. The van der Waals surface area contributed by atoms with Gasteiger partial charge >= 0.3 is 0 Å². The summed E-state index contributed by atoms with van der Waals surface area (Å²) in [6.07, 6.45) is 0.933. The number of hydrogen-bond acceptors (Lipinski definition) is 2. The number of anilines is 1. The highest BCUT2D eigenvalue weighted by atomic mass is 16.2. The van der Waals surface area contributed by atoms with Gasteiger partial charge in [-0.25, -0.2) is 0 Å². The van der Waals surface area contributed by atoms with Crippen molar-refractivity contribution in [2.45, 2.75) is 33.2 Å². The predicted octanol–water partition coefficient (Wildman–Crippen LogP) is 1.95. The maximum absolute atomic E-state index is 12.5. The number of nitrogens with zero attached hydrogens (tertiary/aromatic N) is 1. The summed E-state index contributed by atoms with van der Waals surface area (Å²) < 4.78 is 0. The van der Waals surface area contributed by atoms with Gasteiger partial charge in [0, 0.05) is 18.3 Å².